The third-order valence-electron chi connectivity index (χ3n) is 2.72. The number of aliphatic carboxylic acids is 2. The fraction of sp³-hybridized carbons (Fsp3) is 0.800. The molecule has 0 aromatic heterocycles. The van der Waals surface area contributed by atoms with E-state index in [1.165, 1.54) is 0 Å². The summed E-state index contributed by atoms with van der Waals surface area (Å²) in [6.07, 6.45) is 3.57. The summed E-state index contributed by atoms with van der Waals surface area (Å²) in [5.74, 6) is -1.44. The zero-order chi connectivity index (χ0) is 12.0. The predicted molar refractivity (Wildman–Crippen MR) is 58.7 cm³/mol. The topological polar surface area (TPSA) is 98.7 Å². The van der Waals surface area contributed by atoms with Crippen molar-refractivity contribution in [3.63, 3.8) is 0 Å². The van der Waals surface area contributed by atoms with Crippen LogP contribution < -0.4 is 10.6 Å². The minimum atomic E-state index is -0.720. The van der Waals surface area contributed by atoms with Crippen molar-refractivity contribution in [2.24, 2.45) is 0 Å². The van der Waals surface area contributed by atoms with Crippen LogP contribution in [0.15, 0.2) is 0 Å². The summed E-state index contributed by atoms with van der Waals surface area (Å²) in [5.41, 5.74) is 0. The third kappa shape index (κ3) is 6.02. The van der Waals surface area contributed by atoms with Crippen LogP contribution in [0, 0.1) is 0 Å². The van der Waals surface area contributed by atoms with Gasteiger partial charge in [-0.15, -0.1) is 0 Å². The van der Waals surface area contributed by atoms with Gasteiger partial charge in [0.05, 0.1) is 0 Å². The molecule has 2 heterocycles. The standard InChI is InChI=1S/2C5H9NO2.Cu.H/c2*7-5(8)4-2-1-3-6-4;;/h2*4,6H,1-3H2,(H,7,8);;/q;;+1;/t2*4-;;/m11../s1. The molecule has 2 saturated heterocycles. The zero-order valence-electron chi connectivity index (χ0n) is 9.42. The fourth-order valence-corrected chi connectivity index (χ4v) is 1.79. The van der Waals surface area contributed by atoms with E-state index in [0.29, 0.717) is 0 Å². The van der Waals surface area contributed by atoms with E-state index < -0.39 is 11.9 Å². The van der Waals surface area contributed by atoms with Crippen LogP contribution in [0.4, 0.5) is 0 Å². The van der Waals surface area contributed by atoms with Gasteiger partial charge in [0.15, 0.2) is 0 Å². The molecule has 6 nitrogen and oxygen atoms in total. The second kappa shape index (κ2) is 8.47. The van der Waals surface area contributed by atoms with E-state index in [4.69, 9.17) is 10.2 Å². The number of nitrogens with one attached hydrogen (secondary N) is 2. The molecular weight excluding hydrogens is 276 g/mol. The Balaban J connectivity index is 0.000000284. The number of carbonyl (C=O) groups is 2. The van der Waals surface area contributed by atoms with Gasteiger partial charge in [0.1, 0.15) is 12.1 Å². The molecule has 17 heavy (non-hydrogen) atoms. The van der Waals surface area contributed by atoms with E-state index in [0.717, 1.165) is 38.8 Å². The Morgan fingerprint density at radius 1 is 0.882 bits per heavy atom. The number of rotatable bonds is 2. The Hall–Kier alpha value is -0.621. The van der Waals surface area contributed by atoms with Gasteiger partial charge in [0.25, 0.3) is 0 Å². The summed E-state index contributed by atoms with van der Waals surface area (Å²) in [5, 5.41) is 22.4. The van der Waals surface area contributed by atoms with E-state index >= 15 is 0 Å². The molecule has 2 aliphatic rings. The molecule has 0 aliphatic carbocycles. The Morgan fingerprint density at radius 2 is 1.24 bits per heavy atom. The predicted octanol–water partition coefficient (Wildman–Crippen LogP) is -0.624. The van der Waals surface area contributed by atoms with Crippen molar-refractivity contribution in [3.8, 4) is 0 Å². The van der Waals surface area contributed by atoms with Gasteiger partial charge in [-0.3, -0.25) is 9.59 Å². The summed E-state index contributed by atoms with van der Waals surface area (Å²) in [7, 11) is 0. The summed E-state index contributed by atoms with van der Waals surface area (Å²) in [6, 6.07) is -0.537. The van der Waals surface area contributed by atoms with E-state index in [9.17, 15) is 9.59 Å². The first-order chi connectivity index (χ1) is 7.61. The normalized spacial score (nSPS) is 26.6. The van der Waals surface area contributed by atoms with E-state index in [-0.39, 0.29) is 29.2 Å². The summed E-state index contributed by atoms with van der Waals surface area (Å²) >= 11 is 0. The molecule has 4 N–H and O–H groups in total. The number of hydrogen-bond acceptors (Lipinski definition) is 4. The molecule has 2 aliphatic heterocycles. The SMILES string of the molecule is O=C(O)[C@H]1CCCN1.O=C(O)[C@H]1CCCN1.[CuH+]. The van der Waals surface area contributed by atoms with E-state index in [1.807, 2.05) is 0 Å². The second-order valence-electron chi connectivity index (χ2n) is 3.97. The molecule has 0 aromatic rings. The second-order valence-corrected chi connectivity index (χ2v) is 3.97. The molecule has 2 rings (SSSR count). The quantitative estimate of drug-likeness (QED) is 0.507. The van der Waals surface area contributed by atoms with Crippen LogP contribution in [0.3, 0.4) is 0 Å². The van der Waals surface area contributed by atoms with Crippen LogP contribution in [-0.4, -0.2) is 47.3 Å². The van der Waals surface area contributed by atoms with Crippen LogP contribution >= 0.6 is 0 Å². The Labute approximate surface area is 111 Å². The molecule has 2 atom stereocenters. The van der Waals surface area contributed by atoms with Gasteiger partial charge in [0, 0.05) is 0 Å². The molecule has 0 radical (unpaired) electrons. The first-order valence-electron chi connectivity index (χ1n) is 5.53. The third-order valence-corrected chi connectivity index (χ3v) is 2.72. The average molecular weight is 295 g/mol. The first-order valence-corrected chi connectivity index (χ1v) is 5.53. The van der Waals surface area contributed by atoms with Crippen molar-refractivity contribution >= 4 is 11.9 Å². The fourth-order valence-electron chi connectivity index (χ4n) is 1.79. The van der Waals surface area contributed by atoms with Crippen LogP contribution in [0.1, 0.15) is 25.7 Å². The van der Waals surface area contributed by atoms with Gasteiger partial charge in [-0.1, -0.05) is 0 Å². The van der Waals surface area contributed by atoms with Crippen molar-refractivity contribution in [2.75, 3.05) is 13.1 Å². The van der Waals surface area contributed by atoms with Gasteiger partial charge < -0.3 is 20.8 Å². The van der Waals surface area contributed by atoms with E-state index in [2.05, 4.69) is 10.6 Å². The summed E-state index contributed by atoms with van der Waals surface area (Å²) in [6.45, 7) is 1.72. The molecule has 0 unspecified atom stereocenters. The number of hydrogen-bond donors (Lipinski definition) is 4. The van der Waals surface area contributed by atoms with Gasteiger partial charge in [0.2, 0.25) is 0 Å². The summed E-state index contributed by atoms with van der Waals surface area (Å²) < 4.78 is 0. The van der Waals surface area contributed by atoms with Gasteiger partial charge >= 0.3 is 29.0 Å². The average Bonchev–Trinajstić information content (AvgIpc) is 2.93. The Bertz CT molecular complexity index is 225. The number of carboxylic acid groups (broad SMARTS) is 2. The summed E-state index contributed by atoms with van der Waals surface area (Å²) in [4.78, 5) is 20.3. The molecule has 2 fully saturated rings. The van der Waals surface area contributed by atoms with Gasteiger partial charge in [-0.05, 0) is 38.8 Å². The van der Waals surface area contributed by atoms with Crippen LogP contribution in [-0.2, 0) is 26.7 Å². The molecule has 0 amide bonds. The van der Waals surface area contributed by atoms with Gasteiger partial charge in [-0.25, -0.2) is 0 Å². The monoisotopic (exact) mass is 294 g/mol. The van der Waals surface area contributed by atoms with Crippen LogP contribution in [0.2, 0.25) is 0 Å². The molecule has 0 saturated carbocycles. The van der Waals surface area contributed by atoms with Crippen molar-refractivity contribution in [1.29, 1.82) is 0 Å². The van der Waals surface area contributed by atoms with Crippen molar-refractivity contribution in [3.05, 3.63) is 0 Å². The molecule has 7 heteroatoms. The Kier molecular flexibility index (Phi) is 8.16. The molecule has 0 aromatic carbocycles. The Morgan fingerprint density at radius 3 is 1.35 bits per heavy atom. The number of carboxylic acids is 2. The maximum absolute atomic E-state index is 10.1. The molecule has 0 bridgehead atoms. The minimum absolute atomic E-state index is 0. The van der Waals surface area contributed by atoms with Crippen molar-refractivity contribution in [1.82, 2.24) is 10.6 Å². The van der Waals surface area contributed by atoms with Crippen molar-refractivity contribution in [2.45, 2.75) is 37.8 Å². The van der Waals surface area contributed by atoms with E-state index in [1.54, 1.807) is 0 Å². The van der Waals surface area contributed by atoms with Crippen LogP contribution in [0.5, 0.6) is 0 Å². The molecule has 103 valence electrons. The van der Waals surface area contributed by atoms with Crippen molar-refractivity contribution < 1.29 is 36.9 Å². The van der Waals surface area contributed by atoms with Gasteiger partial charge in [-0.2, -0.15) is 0 Å². The first kappa shape index (κ1) is 16.4. The van der Waals surface area contributed by atoms with Crippen LogP contribution in [0.25, 0.3) is 0 Å². The molecular formula is C10H19CuN2O4+. The maximum atomic E-state index is 10.1. The molecule has 0 spiro atoms. The zero-order valence-corrected chi connectivity index (χ0v) is 10.4.